The fourth-order valence-electron chi connectivity index (χ4n) is 6.40. The predicted molar refractivity (Wildman–Crippen MR) is 265 cm³/mol. The second kappa shape index (κ2) is 49.7. The first-order valence-corrected chi connectivity index (χ1v) is 25.0. The summed E-state index contributed by atoms with van der Waals surface area (Å²) in [5, 5.41) is 0. The van der Waals surface area contributed by atoms with Gasteiger partial charge in [0.15, 0.2) is 6.10 Å². The SMILES string of the molecule is CC\C=C/C=C\C=C/C=C\CCCCCC(=O)OCC(COC(=O)CCCCCCCC/C=C\C/C=C\C/C=C\CC)OC(=O)CCCCCCCC/C=C\C=C/CCCCC. The van der Waals surface area contributed by atoms with Gasteiger partial charge in [-0.3, -0.25) is 14.4 Å². The third-order valence-corrected chi connectivity index (χ3v) is 10.1. The van der Waals surface area contributed by atoms with Crippen molar-refractivity contribution in [3.8, 4) is 0 Å². The number of hydrogen-bond donors (Lipinski definition) is 0. The molecule has 0 saturated heterocycles. The zero-order valence-electron chi connectivity index (χ0n) is 39.8. The van der Waals surface area contributed by atoms with Crippen molar-refractivity contribution in [2.24, 2.45) is 0 Å². The Labute approximate surface area is 380 Å². The highest BCUT2D eigenvalue weighted by Gasteiger charge is 2.19. The quantitative estimate of drug-likeness (QED) is 0.0200. The topological polar surface area (TPSA) is 78.9 Å². The van der Waals surface area contributed by atoms with E-state index in [-0.39, 0.29) is 31.1 Å². The smallest absolute Gasteiger partial charge is 0.306 e. The van der Waals surface area contributed by atoms with Crippen molar-refractivity contribution < 1.29 is 28.6 Å². The number of rotatable bonds is 43. The number of unbranched alkanes of at least 4 members (excludes halogenated alkanes) is 18. The van der Waals surface area contributed by atoms with Crippen molar-refractivity contribution in [2.75, 3.05) is 13.2 Å². The number of allylic oxidation sites excluding steroid dienone is 18. The van der Waals surface area contributed by atoms with Crippen LogP contribution in [0.2, 0.25) is 0 Å². The maximum absolute atomic E-state index is 12.8. The fourth-order valence-corrected chi connectivity index (χ4v) is 6.40. The van der Waals surface area contributed by atoms with E-state index in [4.69, 9.17) is 14.2 Å². The molecule has 0 spiro atoms. The molecule has 0 aliphatic rings. The van der Waals surface area contributed by atoms with Crippen LogP contribution in [0.4, 0.5) is 0 Å². The van der Waals surface area contributed by atoms with Crippen LogP contribution in [0, 0.1) is 0 Å². The lowest BCUT2D eigenvalue weighted by Gasteiger charge is -2.18. The Morgan fingerprint density at radius 2 is 0.710 bits per heavy atom. The van der Waals surface area contributed by atoms with Crippen LogP contribution in [0.25, 0.3) is 0 Å². The molecule has 0 saturated carbocycles. The molecule has 0 bridgehead atoms. The molecule has 0 radical (unpaired) electrons. The summed E-state index contributed by atoms with van der Waals surface area (Å²) in [7, 11) is 0. The van der Waals surface area contributed by atoms with Crippen LogP contribution in [0.15, 0.2) is 109 Å². The van der Waals surface area contributed by atoms with Gasteiger partial charge in [-0.1, -0.05) is 201 Å². The van der Waals surface area contributed by atoms with Crippen molar-refractivity contribution in [3.63, 3.8) is 0 Å². The summed E-state index contributed by atoms with van der Waals surface area (Å²) in [6.07, 6.45) is 66.4. The first kappa shape index (κ1) is 58.1. The fraction of sp³-hybridized carbons (Fsp3) is 0.625. The van der Waals surface area contributed by atoms with Crippen molar-refractivity contribution in [1.82, 2.24) is 0 Å². The molecule has 0 amide bonds. The van der Waals surface area contributed by atoms with Crippen molar-refractivity contribution in [3.05, 3.63) is 109 Å². The van der Waals surface area contributed by atoms with Gasteiger partial charge in [0, 0.05) is 19.3 Å². The van der Waals surface area contributed by atoms with E-state index < -0.39 is 6.10 Å². The summed E-state index contributed by atoms with van der Waals surface area (Å²) in [6.45, 7) is 6.28. The molecule has 0 fully saturated rings. The standard InChI is InChI=1S/C56H90O6/c1-4-7-10-13-16-19-22-25-27-29-31-34-37-40-43-46-49-55(58)61-52-53(51-60-54(57)48-45-42-39-36-33-30-24-21-18-15-12-9-6-3)62-56(59)50-47-44-41-38-35-32-28-26-23-20-17-14-11-8-5-2/h7,9-10,12,15-21,23-27,30,33,53H,4-6,8,11,13-14,22,28-29,31-32,34-52H2,1-3H3/b10-7-,12-9-,18-15-,19-16-,20-17-,24-21-,26-23-,27-25-,33-30-. The second-order valence-electron chi connectivity index (χ2n) is 16.1. The number of carbonyl (C=O) groups excluding carboxylic acids is 3. The molecule has 0 aliphatic carbocycles. The number of hydrogen-bond acceptors (Lipinski definition) is 6. The van der Waals surface area contributed by atoms with Gasteiger partial charge in [-0.2, -0.15) is 0 Å². The first-order chi connectivity index (χ1) is 30.5. The van der Waals surface area contributed by atoms with Crippen LogP contribution < -0.4 is 0 Å². The summed E-state index contributed by atoms with van der Waals surface area (Å²) in [6, 6.07) is 0. The van der Waals surface area contributed by atoms with E-state index in [0.717, 1.165) is 122 Å². The van der Waals surface area contributed by atoms with Gasteiger partial charge in [-0.05, 0) is 96.3 Å². The molecule has 0 aliphatic heterocycles. The predicted octanol–water partition coefficient (Wildman–Crippen LogP) is 16.4. The Balaban J connectivity index is 4.50. The summed E-state index contributed by atoms with van der Waals surface area (Å²) < 4.78 is 16.7. The third-order valence-electron chi connectivity index (χ3n) is 10.1. The van der Waals surface area contributed by atoms with Gasteiger partial charge < -0.3 is 14.2 Å². The van der Waals surface area contributed by atoms with E-state index in [1.165, 1.54) is 44.9 Å². The Morgan fingerprint density at radius 3 is 1.21 bits per heavy atom. The van der Waals surface area contributed by atoms with E-state index in [1.807, 2.05) is 36.5 Å². The molecule has 1 unspecified atom stereocenters. The van der Waals surface area contributed by atoms with E-state index in [0.29, 0.717) is 19.3 Å². The molecule has 62 heavy (non-hydrogen) atoms. The van der Waals surface area contributed by atoms with Crippen LogP contribution in [0.5, 0.6) is 0 Å². The van der Waals surface area contributed by atoms with Crippen LogP contribution in [0.1, 0.15) is 207 Å². The van der Waals surface area contributed by atoms with Crippen molar-refractivity contribution >= 4 is 17.9 Å². The van der Waals surface area contributed by atoms with Gasteiger partial charge in [-0.25, -0.2) is 0 Å². The minimum atomic E-state index is -0.807. The molecule has 350 valence electrons. The summed E-state index contributed by atoms with van der Waals surface area (Å²) in [5.41, 5.74) is 0. The van der Waals surface area contributed by atoms with Crippen LogP contribution in [0.3, 0.4) is 0 Å². The van der Waals surface area contributed by atoms with E-state index in [9.17, 15) is 14.4 Å². The lowest BCUT2D eigenvalue weighted by molar-refractivity contribution is -0.167. The minimum absolute atomic E-state index is 0.105. The van der Waals surface area contributed by atoms with E-state index >= 15 is 0 Å². The van der Waals surface area contributed by atoms with Crippen LogP contribution in [-0.2, 0) is 28.6 Å². The van der Waals surface area contributed by atoms with Gasteiger partial charge in [0.1, 0.15) is 13.2 Å². The van der Waals surface area contributed by atoms with Crippen LogP contribution >= 0.6 is 0 Å². The molecule has 0 aromatic heterocycles. The number of ether oxygens (including phenoxy) is 3. The Hall–Kier alpha value is -3.93. The highest BCUT2D eigenvalue weighted by Crippen LogP contribution is 2.13. The maximum atomic E-state index is 12.8. The maximum Gasteiger partial charge on any atom is 0.306 e. The van der Waals surface area contributed by atoms with Gasteiger partial charge in [0.2, 0.25) is 0 Å². The highest BCUT2D eigenvalue weighted by atomic mass is 16.6. The zero-order valence-corrected chi connectivity index (χ0v) is 39.8. The lowest BCUT2D eigenvalue weighted by Crippen LogP contribution is -2.30. The molecular formula is C56H90O6. The summed E-state index contributed by atoms with van der Waals surface area (Å²) >= 11 is 0. The van der Waals surface area contributed by atoms with E-state index in [2.05, 4.69) is 93.7 Å². The van der Waals surface area contributed by atoms with Gasteiger partial charge in [-0.15, -0.1) is 0 Å². The highest BCUT2D eigenvalue weighted by molar-refractivity contribution is 5.71. The molecule has 6 nitrogen and oxygen atoms in total. The lowest BCUT2D eigenvalue weighted by atomic mass is 10.1. The molecule has 0 rings (SSSR count). The molecule has 6 heteroatoms. The van der Waals surface area contributed by atoms with Crippen molar-refractivity contribution in [2.45, 2.75) is 213 Å². The van der Waals surface area contributed by atoms with Gasteiger partial charge >= 0.3 is 17.9 Å². The third kappa shape index (κ3) is 47.1. The first-order valence-electron chi connectivity index (χ1n) is 25.0. The Kier molecular flexibility index (Phi) is 46.6. The summed E-state index contributed by atoms with van der Waals surface area (Å²) in [5.74, 6) is -0.976. The molecule has 0 N–H and O–H groups in total. The number of esters is 3. The van der Waals surface area contributed by atoms with Gasteiger partial charge in [0.25, 0.3) is 0 Å². The summed E-state index contributed by atoms with van der Waals surface area (Å²) in [4.78, 5) is 37.9. The van der Waals surface area contributed by atoms with Crippen molar-refractivity contribution in [1.29, 1.82) is 0 Å². The average molecular weight is 859 g/mol. The molecule has 1 atom stereocenters. The molecular weight excluding hydrogens is 769 g/mol. The second-order valence-corrected chi connectivity index (χ2v) is 16.1. The average Bonchev–Trinajstić information content (AvgIpc) is 3.27. The Bertz CT molecular complexity index is 1310. The molecule has 0 heterocycles. The molecule has 0 aromatic carbocycles. The zero-order chi connectivity index (χ0) is 45.1. The minimum Gasteiger partial charge on any atom is -0.462 e. The monoisotopic (exact) mass is 859 g/mol. The Morgan fingerprint density at radius 1 is 0.355 bits per heavy atom. The van der Waals surface area contributed by atoms with Crippen LogP contribution in [-0.4, -0.2) is 37.2 Å². The normalized spacial score (nSPS) is 13.0. The van der Waals surface area contributed by atoms with Gasteiger partial charge in [0.05, 0.1) is 0 Å². The van der Waals surface area contributed by atoms with E-state index in [1.54, 1.807) is 0 Å². The molecule has 0 aromatic rings. The number of carbonyl (C=O) groups is 3. The largest absolute Gasteiger partial charge is 0.462 e.